The summed E-state index contributed by atoms with van der Waals surface area (Å²) in [5, 5.41) is 2.82. The van der Waals surface area contributed by atoms with Gasteiger partial charge in [0.15, 0.2) is 0 Å². The summed E-state index contributed by atoms with van der Waals surface area (Å²) in [7, 11) is 0. The number of fused-ring (bicyclic) bond motifs is 2. The number of hydrogen-bond donors (Lipinski definition) is 1. The molecule has 31 heavy (non-hydrogen) atoms. The van der Waals surface area contributed by atoms with Gasteiger partial charge in [-0.25, -0.2) is 0 Å². The fraction of sp³-hybridized carbons (Fsp3) is 0.391. The summed E-state index contributed by atoms with van der Waals surface area (Å²) in [4.78, 5) is 45.9. The van der Waals surface area contributed by atoms with Crippen molar-refractivity contribution in [2.45, 2.75) is 31.4 Å². The van der Waals surface area contributed by atoms with Crippen LogP contribution in [0, 0.1) is 0 Å². The van der Waals surface area contributed by atoms with Crippen LogP contribution in [0.1, 0.15) is 28.0 Å². The van der Waals surface area contributed by atoms with Gasteiger partial charge in [0.05, 0.1) is 36.4 Å². The summed E-state index contributed by atoms with van der Waals surface area (Å²) in [5.41, 5.74) is 2.85. The van der Waals surface area contributed by atoms with Crippen molar-refractivity contribution in [3.63, 3.8) is 0 Å². The van der Waals surface area contributed by atoms with Crippen molar-refractivity contribution in [3.05, 3.63) is 59.4 Å². The Labute approximate surface area is 180 Å². The van der Waals surface area contributed by atoms with E-state index in [1.807, 2.05) is 30.3 Å². The number of nitrogens with zero attached hydrogens (tertiary/aromatic N) is 3. The average Bonchev–Trinajstić information content (AvgIpc) is 3.40. The minimum atomic E-state index is -0.192. The Morgan fingerprint density at radius 2 is 2.06 bits per heavy atom. The van der Waals surface area contributed by atoms with Gasteiger partial charge in [-0.2, -0.15) is 0 Å². The minimum Gasteiger partial charge on any atom is -0.372 e. The molecule has 1 N–H and O–H groups in total. The molecule has 0 spiro atoms. The van der Waals surface area contributed by atoms with E-state index in [4.69, 9.17) is 4.74 Å². The molecule has 160 valence electrons. The molecule has 0 bridgehead atoms. The standard InChI is InChI=1S/C23H24N4O4/c28-20-12-15-4-3-6-17(22(15)25-20)23(30)27-10-11-31-19-14-26(13-18(19)27)21(29)8-7-16-5-1-2-9-24-16/h1-6,9,18-19H,7-8,10-14H2,(H,25,28)/t18-,19+/m0/s1. The number of aryl methyl sites for hydroxylation is 1. The molecular weight excluding hydrogens is 396 g/mol. The lowest BCUT2D eigenvalue weighted by molar-refractivity contribution is -0.130. The topological polar surface area (TPSA) is 91.8 Å². The molecule has 4 heterocycles. The number of rotatable bonds is 4. The van der Waals surface area contributed by atoms with Gasteiger partial charge in [-0.3, -0.25) is 19.4 Å². The van der Waals surface area contributed by atoms with Crippen LogP contribution in [-0.2, 0) is 27.2 Å². The highest BCUT2D eigenvalue weighted by Crippen LogP contribution is 2.31. The van der Waals surface area contributed by atoms with Crippen molar-refractivity contribution < 1.29 is 19.1 Å². The summed E-state index contributed by atoms with van der Waals surface area (Å²) in [6, 6.07) is 10.9. The normalized spacial score (nSPS) is 22.1. The predicted molar refractivity (Wildman–Crippen MR) is 112 cm³/mol. The van der Waals surface area contributed by atoms with Gasteiger partial charge >= 0.3 is 0 Å². The first-order chi connectivity index (χ1) is 15.1. The maximum absolute atomic E-state index is 13.4. The van der Waals surface area contributed by atoms with Crippen LogP contribution in [0.25, 0.3) is 0 Å². The van der Waals surface area contributed by atoms with Crippen LogP contribution in [0.5, 0.6) is 0 Å². The second-order valence-electron chi connectivity index (χ2n) is 8.16. The zero-order chi connectivity index (χ0) is 21.4. The quantitative estimate of drug-likeness (QED) is 0.804. The molecule has 5 rings (SSSR count). The van der Waals surface area contributed by atoms with Crippen LogP contribution in [-0.4, -0.2) is 70.9 Å². The summed E-state index contributed by atoms with van der Waals surface area (Å²) in [5.74, 6) is -0.176. The highest BCUT2D eigenvalue weighted by atomic mass is 16.5. The summed E-state index contributed by atoms with van der Waals surface area (Å²) in [6.07, 6.45) is 2.80. The number of para-hydroxylation sites is 1. The van der Waals surface area contributed by atoms with E-state index in [-0.39, 0.29) is 29.9 Å². The first-order valence-corrected chi connectivity index (χ1v) is 10.6. The van der Waals surface area contributed by atoms with E-state index in [2.05, 4.69) is 10.3 Å². The molecule has 0 aliphatic carbocycles. The first kappa shape index (κ1) is 19.7. The lowest BCUT2D eigenvalue weighted by Gasteiger charge is -2.37. The van der Waals surface area contributed by atoms with Crippen molar-refractivity contribution in [2.24, 2.45) is 0 Å². The number of nitrogens with one attached hydrogen (secondary N) is 1. The van der Waals surface area contributed by atoms with Gasteiger partial charge in [-0.05, 0) is 30.2 Å². The number of amides is 3. The van der Waals surface area contributed by atoms with E-state index in [1.165, 1.54) is 0 Å². The Hall–Kier alpha value is -3.26. The van der Waals surface area contributed by atoms with E-state index < -0.39 is 0 Å². The highest BCUT2D eigenvalue weighted by molar-refractivity contribution is 6.08. The maximum atomic E-state index is 13.4. The van der Waals surface area contributed by atoms with E-state index in [1.54, 1.807) is 22.1 Å². The molecule has 8 nitrogen and oxygen atoms in total. The van der Waals surface area contributed by atoms with Crippen molar-refractivity contribution >= 4 is 23.4 Å². The number of morpholine rings is 1. The van der Waals surface area contributed by atoms with Gasteiger partial charge in [0.2, 0.25) is 11.8 Å². The summed E-state index contributed by atoms with van der Waals surface area (Å²) in [6.45, 7) is 1.84. The number of ether oxygens (including phenoxy) is 1. The number of aromatic nitrogens is 1. The first-order valence-electron chi connectivity index (χ1n) is 10.6. The lowest BCUT2D eigenvalue weighted by atomic mass is 10.0. The summed E-state index contributed by atoms with van der Waals surface area (Å²) < 4.78 is 5.90. The number of pyridine rings is 1. The summed E-state index contributed by atoms with van der Waals surface area (Å²) >= 11 is 0. The van der Waals surface area contributed by atoms with Gasteiger partial charge < -0.3 is 19.9 Å². The average molecular weight is 420 g/mol. The molecular formula is C23H24N4O4. The minimum absolute atomic E-state index is 0.0453. The third kappa shape index (κ3) is 3.79. The van der Waals surface area contributed by atoms with Crippen LogP contribution in [0.2, 0.25) is 0 Å². The van der Waals surface area contributed by atoms with Gasteiger partial charge in [-0.15, -0.1) is 0 Å². The van der Waals surface area contributed by atoms with E-state index in [0.717, 1.165) is 11.3 Å². The van der Waals surface area contributed by atoms with Gasteiger partial charge in [0.1, 0.15) is 0 Å². The maximum Gasteiger partial charge on any atom is 0.256 e. The molecule has 0 radical (unpaired) electrons. The van der Waals surface area contributed by atoms with Gasteiger partial charge in [-0.1, -0.05) is 18.2 Å². The number of carbonyl (C=O) groups excluding carboxylic acids is 3. The lowest BCUT2D eigenvalue weighted by Crippen LogP contribution is -2.53. The van der Waals surface area contributed by atoms with Crippen LogP contribution in [0.3, 0.4) is 0 Å². The molecule has 3 aliphatic heterocycles. The molecule has 3 amide bonds. The van der Waals surface area contributed by atoms with Crippen molar-refractivity contribution in [1.29, 1.82) is 0 Å². The second-order valence-corrected chi connectivity index (χ2v) is 8.16. The number of benzene rings is 1. The monoisotopic (exact) mass is 420 g/mol. The molecule has 8 heteroatoms. The largest absolute Gasteiger partial charge is 0.372 e. The van der Waals surface area contributed by atoms with E-state index in [9.17, 15) is 14.4 Å². The van der Waals surface area contributed by atoms with Gasteiger partial charge in [0, 0.05) is 37.9 Å². The Kier molecular flexibility index (Phi) is 5.15. The predicted octanol–water partition coefficient (Wildman–Crippen LogP) is 1.26. The number of hydrogen-bond acceptors (Lipinski definition) is 5. The Bertz CT molecular complexity index is 1030. The van der Waals surface area contributed by atoms with Gasteiger partial charge in [0.25, 0.3) is 5.91 Å². The van der Waals surface area contributed by atoms with Crippen LogP contribution >= 0.6 is 0 Å². The van der Waals surface area contributed by atoms with Crippen molar-refractivity contribution in [2.75, 3.05) is 31.6 Å². The number of anilines is 1. The van der Waals surface area contributed by atoms with Crippen LogP contribution in [0.15, 0.2) is 42.6 Å². The fourth-order valence-corrected chi connectivity index (χ4v) is 4.67. The van der Waals surface area contributed by atoms with Crippen LogP contribution < -0.4 is 5.32 Å². The molecule has 2 fully saturated rings. The SMILES string of the molecule is O=C1Cc2cccc(C(=O)N3CCO[C@@H]4CN(C(=O)CCc5ccccn5)C[C@@H]43)c2N1. The zero-order valence-corrected chi connectivity index (χ0v) is 17.1. The highest BCUT2D eigenvalue weighted by Gasteiger charge is 2.44. The molecule has 2 aromatic rings. The second kappa shape index (κ2) is 8.11. The van der Waals surface area contributed by atoms with E-state index >= 15 is 0 Å². The van der Waals surface area contributed by atoms with Crippen molar-refractivity contribution in [3.8, 4) is 0 Å². The molecule has 0 unspecified atom stereocenters. The molecule has 2 atom stereocenters. The molecule has 1 aromatic heterocycles. The smallest absolute Gasteiger partial charge is 0.256 e. The number of likely N-dealkylation sites (tertiary alicyclic amines) is 1. The number of carbonyl (C=O) groups is 3. The van der Waals surface area contributed by atoms with Crippen LogP contribution in [0.4, 0.5) is 5.69 Å². The third-order valence-electron chi connectivity index (χ3n) is 6.23. The molecule has 2 saturated heterocycles. The fourth-order valence-electron chi connectivity index (χ4n) is 4.67. The zero-order valence-electron chi connectivity index (χ0n) is 17.1. The molecule has 0 saturated carbocycles. The molecule has 3 aliphatic rings. The Morgan fingerprint density at radius 3 is 2.90 bits per heavy atom. The van der Waals surface area contributed by atoms with E-state index in [0.29, 0.717) is 56.8 Å². The Balaban J connectivity index is 1.28. The molecule has 1 aromatic carbocycles. The Morgan fingerprint density at radius 1 is 1.16 bits per heavy atom. The third-order valence-corrected chi connectivity index (χ3v) is 6.23. The van der Waals surface area contributed by atoms with Crippen molar-refractivity contribution in [1.82, 2.24) is 14.8 Å².